The number of unbranched alkanes of at least 4 members (excludes halogenated alkanes) is 2. The first-order valence-electron chi connectivity index (χ1n) is 11.9. The summed E-state index contributed by atoms with van der Waals surface area (Å²) in [7, 11) is 0. The van der Waals surface area contributed by atoms with Crippen LogP contribution in [0.3, 0.4) is 0 Å². The summed E-state index contributed by atoms with van der Waals surface area (Å²) in [5.74, 6) is 2.42. The summed E-state index contributed by atoms with van der Waals surface area (Å²) < 4.78 is 6.40. The molecule has 7 atom stereocenters. The molecular formula is C25H38O4. The number of allylic oxidation sites excluding steroid dienone is 2. The van der Waals surface area contributed by atoms with Gasteiger partial charge in [-0.1, -0.05) is 26.3 Å². The van der Waals surface area contributed by atoms with E-state index in [1.54, 1.807) is 0 Å². The van der Waals surface area contributed by atoms with Crippen molar-refractivity contribution in [2.75, 3.05) is 6.61 Å². The standard InChI is InChI=1S/C25H38O4/c1-24-13-11-18(26)16-17(24)7-8-19-20-9-10-22(25(20,2)14-12-21(19)24)29-15-5-3-4-6-23(27)28/h11,13,17,19-22H,3-10,12,14-16H2,1-2H3,(H,27,28)/t17-,19-,20-,21-,22-,24-,25-/m0/s1. The molecule has 3 saturated carbocycles. The fourth-order valence-electron chi connectivity index (χ4n) is 7.64. The Morgan fingerprint density at radius 2 is 1.93 bits per heavy atom. The van der Waals surface area contributed by atoms with Crippen molar-refractivity contribution in [3.05, 3.63) is 12.2 Å². The second-order valence-electron chi connectivity index (χ2n) is 10.7. The zero-order valence-corrected chi connectivity index (χ0v) is 18.2. The van der Waals surface area contributed by atoms with Crippen LogP contribution in [0.25, 0.3) is 0 Å². The van der Waals surface area contributed by atoms with Gasteiger partial charge in [0.15, 0.2) is 5.78 Å². The van der Waals surface area contributed by atoms with Gasteiger partial charge in [-0.25, -0.2) is 0 Å². The van der Waals surface area contributed by atoms with Crippen LogP contribution in [0.5, 0.6) is 0 Å². The van der Waals surface area contributed by atoms with E-state index in [1.165, 1.54) is 38.5 Å². The molecule has 4 aliphatic carbocycles. The van der Waals surface area contributed by atoms with Crippen LogP contribution in [0, 0.1) is 34.5 Å². The smallest absolute Gasteiger partial charge is 0.303 e. The first-order chi connectivity index (χ1) is 13.8. The van der Waals surface area contributed by atoms with E-state index in [4.69, 9.17) is 9.84 Å². The maximum absolute atomic E-state index is 12.0. The Morgan fingerprint density at radius 3 is 2.72 bits per heavy atom. The van der Waals surface area contributed by atoms with Gasteiger partial charge in [0.25, 0.3) is 0 Å². The van der Waals surface area contributed by atoms with Crippen molar-refractivity contribution in [2.24, 2.45) is 34.5 Å². The minimum Gasteiger partial charge on any atom is -0.481 e. The van der Waals surface area contributed by atoms with Crippen molar-refractivity contribution in [2.45, 2.75) is 90.6 Å². The van der Waals surface area contributed by atoms with Crippen molar-refractivity contribution in [3.63, 3.8) is 0 Å². The summed E-state index contributed by atoms with van der Waals surface area (Å²) in [6.07, 6.45) is 15.7. The lowest BCUT2D eigenvalue weighted by atomic mass is 9.46. The van der Waals surface area contributed by atoms with Crippen molar-refractivity contribution >= 4 is 11.8 Å². The van der Waals surface area contributed by atoms with Crippen LogP contribution in [0.2, 0.25) is 0 Å². The molecule has 4 rings (SSSR count). The van der Waals surface area contributed by atoms with Crippen molar-refractivity contribution in [1.29, 1.82) is 0 Å². The van der Waals surface area contributed by atoms with Gasteiger partial charge in [-0.3, -0.25) is 9.59 Å². The van der Waals surface area contributed by atoms with Gasteiger partial charge in [0.1, 0.15) is 0 Å². The van der Waals surface area contributed by atoms with Gasteiger partial charge in [0.05, 0.1) is 6.10 Å². The minimum atomic E-state index is -0.700. The van der Waals surface area contributed by atoms with E-state index in [0.717, 1.165) is 50.0 Å². The number of rotatable bonds is 7. The maximum atomic E-state index is 12.0. The highest BCUT2D eigenvalue weighted by Gasteiger charge is 2.59. The first-order valence-corrected chi connectivity index (χ1v) is 11.9. The largest absolute Gasteiger partial charge is 0.481 e. The van der Waals surface area contributed by atoms with Gasteiger partial charge in [-0.15, -0.1) is 0 Å². The number of carbonyl (C=O) groups is 2. The van der Waals surface area contributed by atoms with Crippen LogP contribution in [-0.4, -0.2) is 29.6 Å². The monoisotopic (exact) mass is 402 g/mol. The van der Waals surface area contributed by atoms with E-state index >= 15 is 0 Å². The summed E-state index contributed by atoms with van der Waals surface area (Å²) in [5.41, 5.74) is 0.501. The highest BCUT2D eigenvalue weighted by molar-refractivity contribution is 5.91. The third-order valence-corrected chi connectivity index (χ3v) is 9.31. The number of aliphatic carboxylic acids is 1. The van der Waals surface area contributed by atoms with Gasteiger partial charge in [0.2, 0.25) is 0 Å². The van der Waals surface area contributed by atoms with Crippen LogP contribution < -0.4 is 0 Å². The van der Waals surface area contributed by atoms with E-state index < -0.39 is 5.97 Å². The van der Waals surface area contributed by atoms with Crippen molar-refractivity contribution < 1.29 is 19.4 Å². The molecule has 4 aliphatic rings. The molecule has 0 spiro atoms. The molecule has 0 aromatic heterocycles. The summed E-state index contributed by atoms with van der Waals surface area (Å²) in [4.78, 5) is 22.6. The fourth-order valence-corrected chi connectivity index (χ4v) is 7.64. The molecule has 0 aromatic rings. The number of carboxylic acid groups (broad SMARTS) is 1. The number of carboxylic acids is 1. The molecule has 3 fully saturated rings. The number of hydrogen-bond donors (Lipinski definition) is 1. The molecule has 0 heterocycles. The Morgan fingerprint density at radius 1 is 1.10 bits per heavy atom. The summed E-state index contributed by atoms with van der Waals surface area (Å²) in [6, 6.07) is 0. The lowest BCUT2D eigenvalue weighted by Crippen LogP contribution is -2.53. The molecule has 0 saturated heterocycles. The fraction of sp³-hybridized carbons (Fsp3) is 0.840. The summed E-state index contributed by atoms with van der Waals surface area (Å²) in [6.45, 7) is 5.68. The normalized spacial score (nSPS) is 43.5. The molecule has 29 heavy (non-hydrogen) atoms. The minimum absolute atomic E-state index is 0.210. The molecule has 0 aromatic carbocycles. The van der Waals surface area contributed by atoms with Gasteiger partial charge in [-0.2, -0.15) is 0 Å². The van der Waals surface area contributed by atoms with E-state index in [2.05, 4.69) is 19.9 Å². The van der Waals surface area contributed by atoms with Crippen LogP contribution in [0.1, 0.15) is 84.5 Å². The van der Waals surface area contributed by atoms with E-state index in [9.17, 15) is 9.59 Å². The SMILES string of the molecule is C[C@]12C=CC(=O)C[C@@H]1CC[C@@H]1[C@@H]2CC[C@]2(C)[C@@H](OCCCCCC(=O)O)CC[C@@H]12. The average Bonchev–Trinajstić information content (AvgIpc) is 3.01. The Labute approximate surface area is 175 Å². The number of carbonyl (C=O) groups excluding carboxylic acids is 1. The second-order valence-corrected chi connectivity index (χ2v) is 10.7. The second kappa shape index (κ2) is 8.17. The number of hydrogen-bond acceptors (Lipinski definition) is 3. The lowest BCUT2D eigenvalue weighted by Gasteiger charge is -2.58. The summed E-state index contributed by atoms with van der Waals surface area (Å²) >= 11 is 0. The zero-order chi connectivity index (χ0) is 20.6. The average molecular weight is 403 g/mol. The highest BCUT2D eigenvalue weighted by atomic mass is 16.5. The Balaban J connectivity index is 1.37. The molecule has 0 unspecified atom stereocenters. The number of ether oxygens (including phenoxy) is 1. The summed E-state index contributed by atoms with van der Waals surface area (Å²) in [5, 5.41) is 8.75. The maximum Gasteiger partial charge on any atom is 0.303 e. The van der Waals surface area contributed by atoms with Gasteiger partial charge < -0.3 is 9.84 Å². The molecule has 0 amide bonds. The topological polar surface area (TPSA) is 63.6 Å². The van der Waals surface area contributed by atoms with Gasteiger partial charge in [-0.05, 0) is 91.9 Å². The van der Waals surface area contributed by atoms with Gasteiger partial charge >= 0.3 is 5.97 Å². The Kier molecular flexibility index (Phi) is 5.94. The number of fused-ring (bicyclic) bond motifs is 5. The molecule has 0 radical (unpaired) electrons. The van der Waals surface area contributed by atoms with Crippen molar-refractivity contribution in [1.82, 2.24) is 0 Å². The Bertz CT molecular complexity index is 670. The zero-order valence-electron chi connectivity index (χ0n) is 18.2. The molecule has 162 valence electrons. The van der Waals surface area contributed by atoms with Gasteiger partial charge in [0, 0.05) is 19.4 Å². The third-order valence-electron chi connectivity index (χ3n) is 9.31. The van der Waals surface area contributed by atoms with E-state index in [-0.39, 0.29) is 11.8 Å². The molecule has 0 bridgehead atoms. The van der Waals surface area contributed by atoms with E-state index in [0.29, 0.717) is 23.2 Å². The lowest BCUT2D eigenvalue weighted by molar-refractivity contribution is -0.137. The predicted octanol–water partition coefficient (Wildman–Crippen LogP) is 5.40. The number of ketones is 1. The molecular weight excluding hydrogens is 364 g/mol. The Hall–Kier alpha value is -1.16. The van der Waals surface area contributed by atoms with Crippen LogP contribution in [0.15, 0.2) is 12.2 Å². The molecule has 0 aliphatic heterocycles. The predicted molar refractivity (Wildman–Crippen MR) is 112 cm³/mol. The molecule has 4 nitrogen and oxygen atoms in total. The first kappa shape index (κ1) is 21.1. The van der Waals surface area contributed by atoms with Crippen LogP contribution >= 0.6 is 0 Å². The third kappa shape index (κ3) is 3.82. The molecule has 1 N–H and O–H groups in total. The highest BCUT2D eigenvalue weighted by Crippen LogP contribution is 2.65. The van der Waals surface area contributed by atoms with Crippen molar-refractivity contribution in [3.8, 4) is 0 Å². The molecule has 4 heteroatoms. The van der Waals surface area contributed by atoms with E-state index in [1.807, 2.05) is 6.08 Å². The van der Waals surface area contributed by atoms with Crippen LogP contribution in [-0.2, 0) is 14.3 Å². The quantitative estimate of drug-likeness (QED) is 0.579. The van der Waals surface area contributed by atoms with Crippen LogP contribution in [0.4, 0.5) is 0 Å².